The van der Waals surface area contributed by atoms with E-state index in [0.29, 0.717) is 4.57 Å². The van der Waals surface area contributed by atoms with E-state index in [9.17, 15) is 23.7 Å². The molecule has 3 rings (SSSR count). The normalized spacial score (nSPS) is 26.1. The highest BCUT2D eigenvalue weighted by Crippen LogP contribution is 2.49. The van der Waals surface area contributed by atoms with E-state index in [1.54, 1.807) is 0 Å². The molecule has 0 aliphatic heterocycles. The van der Waals surface area contributed by atoms with Gasteiger partial charge in [-0.25, -0.2) is 14.2 Å². The Labute approximate surface area is 162 Å². The summed E-state index contributed by atoms with van der Waals surface area (Å²) in [4.78, 5) is 50.2. The fraction of sp³-hybridized carbons (Fsp3) is 0.684. The number of amides is 2. The first-order valence-corrected chi connectivity index (χ1v) is 9.77. The lowest BCUT2D eigenvalue weighted by molar-refractivity contribution is -0.141. The lowest BCUT2D eigenvalue weighted by atomic mass is 9.83. The van der Waals surface area contributed by atoms with Gasteiger partial charge in [0.15, 0.2) is 0 Å². The lowest BCUT2D eigenvalue weighted by Gasteiger charge is -2.38. The van der Waals surface area contributed by atoms with Crippen LogP contribution in [0.5, 0.6) is 0 Å². The smallest absolute Gasteiger partial charge is 0.338 e. The summed E-state index contributed by atoms with van der Waals surface area (Å²) >= 11 is 0. The molecule has 2 amide bonds. The fourth-order valence-electron chi connectivity index (χ4n) is 4.95. The molecule has 2 bridgehead atoms. The number of fused-ring (bicyclic) bond motifs is 2. The first-order chi connectivity index (χ1) is 13.1. The topological polar surface area (TPSA) is 93.4 Å². The molecule has 1 heterocycles. The molecule has 2 aliphatic rings. The maximum atomic E-state index is 13.5. The van der Waals surface area contributed by atoms with Crippen LogP contribution >= 0.6 is 0 Å². The minimum Gasteiger partial charge on any atom is -0.338 e. The van der Waals surface area contributed by atoms with Crippen molar-refractivity contribution < 1.29 is 14.1 Å². The minimum absolute atomic E-state index is 0.00492. The van der Waals surface area contributed by atoms with Gasteiger partial charge >= 0.3 is 11.7 Å². The molecule has 3 unspecified atom stereocenters. The number of nitrogens with one attached hydrogen (secondary N) is 1. The predicted octanol–water partition coefficient (Wildman–Crippen LogP) is 1.36. The second-order valence-electron chi connectivity index (χ2n) is 8.35. The van der Waals surface area contributed by atoms with E-state index in [4.69, 9.17) is 0 Å². The number of hydrogen-bond acceptors (Lipinski definition) is 4. The zero-order valence-electron chi connectivity index (χ0n) is 16.6. The number of carbonyl (C=O) groups is 2. The van der Waals surface area contributed by atoms with Gasteiger partial charge in [0.05, 0.1) is 5.92 Å². The summed E-state index contributed by atoms with van der Waals surface area (Å²) in [5, 5.41) is 2.77. The molecule has 0 spiro atoms. The third-order valence-electron chi connectivity index (χ3n) is 6.01. The first-order valence-electron chi connectivity index (χ1n) is 9.77. The minimum atomic E-state index is -1.36. The molecule has 154 valence electrons. The van der Waals surface area contributed by atoms with Crippen molar-refractivity contribution in [3.63, 3.8) is 0 Å². The maximum absolute atomic E-state index is 13.5. The summed E-state index contributed by atoms with van der Waals surface area (Å²) < 4.78 is 14.1. The van der Waals surface area contributed by atoms with Crippen LogP contribution in [0.4, 0.5) is 9.28 Å². The van der Waals surface area contributed by atoms with Gasteiger partial charge in [-0.1, -0.05) is 9.27 Å². The zero-order valence-corrected chi connectivity index (χ0v) is 16.6. The highest BCUT2D eigenvalue weighted by Gasteiger charge is 2.52. The molecule has 1 N–H and O–H groups in total. The summed E-state index contributed by atoms with van der Waals surface area (Å²) in [5.74, 6) is -0.0181. The molecule has 0 aromatic carbocycles. The summed E-state index contributed by atoms with van der Waals surface area (Å²) in [5.41, 5.74) is -2.49. The van der Waals surface area contributed by atoms with Gasteiger partial charge in [-0.3, -0.25) is 9.59 Å². The zero-order chi connectivity index (χ0) is 20.7. The van der Waals surface area contributed by atoms with Crippen LogP contribution in [0.3, 0.4) is 0 Å². The average Bonchev–Trinajstić information content (AvgIpc) is 3.20. The van der Waals surface area contributed by atoms with Gasteiger partial charge in [-0.15, -0.1) is 0 Å². The molecule has 0 radical (unpaired) electrons. The van der Waals surface area contributed by atoms with Crippen molar-refractivity contribution in [2.75, 3.05) is 0 Å². The van der Waals surface area contributed by atoms with Crippen molar-refractivity contribution in [3.8, 4) is 0 Å². The summed E-state index contributed by atoms with van der Waals surface area (Å²) in [7, 11) is 0. The molecule has 1 aromatic heterocycles. The van der Waals surface area contributed by atoms with E-state index in [2.05, 4.69) is 5.32 Å². The summed E-state index contributed by atoms with van der Waals surface area (Å²) in [6.45, 7) is 7.84. The molecular weight excluding hydrogens is 367 g/mol. The Bertz CT molecular complexity index is 883. The van der Waals surface area contributed by atoms with Gasteiger partial charge in [0.2, 0.25) is 5.91 Å². The van der Waals surface area contributed by atoms with Gasteiger partial charge in [0.25, 0.3) is 5.56 Å². The second kappa shape index (κ2) is 7.52. The Morgan fingerprint density at radius 3 is 2.36 bits per heavy atom. The molecule has 2 fully saturated rings. The number of rotatable bonds is 4. The van der Waals surface area contributed by atoms with Crippen molar-refractivity contribution in [1.82, 2.24) is 19.6 Å². The van der Waals surface area contributed by atoms with E-state index in [1.165, 1.54) is 0 Å². The number of nitrogens with zero attached hydrogens (tertiary/aromatic N) is 3. The molecule has 9 heteroatoms. The Morgan fingerprint density at radius 1 is 1.14 bits per heavy atom. The Kier molecular flexibility index (Phi) is 5.45. The molecule has 2 aliphatic carbocycles. The van der Waals surface area contributed by atoms with Crippen molar-refractivity contribution in [2.45, 2.75) is 65.1 Å². The molecular formula is C19H27FN4O4. The molecule has 1 aromatic rings. The van der Waals surface area contributed by atoms with Crippen molar-refractivity contribution in [3.05, 3.63) is 33.1 Å². The van der Waals surface area contributed by atoms with Crippen LogP contribution in [-0.4, -0.2) is 44.3 Å². The SMILES string of the molecule is CC(C)N(C(=O)C1C2CCC(C2)[C@@H]1NC(=O)n1ccc(=O)n(F)c1=O)C(C)C. The number of halogens is 1. The number of aromatic nitrogens is 2. The van der Waals surface area contributed by atoms with Crippen LogP contribution in [0.25, 0.3) is 0 Å². The van der Waals surface area contributed by atoms with Gasteiger partial charge < -0.3 is 10.2 Å². The van der Waals surface area contributed by atoms with Gasteiger partial charge in [0, 0.05) is 30.4 Å². The molecule has 8 nitrogen and oxygen atoms in total. The van der Waals surface area contributed by atoms with E-state index >= 15 is 0 Å². The van der Waals surface area contributed by atoms with Crippen molar-refractivity contribution >= 4 is 11.9 Å². The monoisotopic (exact) mass is 394 g/mol. The van der Waals surface area contributed by atoms with E-state index in [1.807, 2.05) is 32.6 Å². The number of hydrogen-bond donors (Lipinski definition) is 1. The van der Waals surface area contributed by atoms with E-state index in [0.717, 1.165) is 31.5 Å². The van der Waals surface area contributed by atoms with Crippen LogP contribution in [0.15, 0.2) is 21.9 Å². The highest BCUT2D eigenvalue weighted by molar-refractivity contribution is 5.83. The Morgan fingerprint density at radius 2 is 1.75 bits per heavy atom. The first kappa shape index (κ1) is 20.3. The molecule has 4 atom stereocenters. The standard InChI is InChI=1S/C19H27FN4O4/c1-10(2)23(11(3)4)17(26)15-12-5-6-13(9-12)16(15)21-18(27)22-8-7-14(25)24(20)19(22)28/h7-8,10-13,15-16H,5-6,9H2,1-4H3,(H,21,27)/t12?,13?,15?,16-/m0/s1. The van der Waals surface area contributed by atoms with Gasteiger partial charge in [-0.2, -0.15) is 0 Å². The van der Waals surface area contributed by atoms with Crippen molar-refractivity contribution in [2.24, 2.45) is 17.8 Å². The predicted molar refractivity (Wildman–Crippen MR) is 101 cm³/mol. The van der Waals surface area contributed by atoms with Crippen LogP contribution in [0, 0.1) is 17.8 Å². The van der Waals surface area contributed by atoms with Crippen LogP contribution in [0.1, 0.15) is 47.0 Å². The van der Waals surface area contributed by atoms with Gasteiger partial charge in [0.1, 0.15) is 0 Å². The highest BCUT2D eigenvalue weighted by atomic mass is 19.2. The molecule has 2 saturated carbocycles. The quantitative estimate of drug-likeness (QED) is 0.834. The third kappa shape index (κ3) is 3.38. The second-order valence-corrected chi connectivity index (χ2v) is 8.35. The van der Waals surface area contributed by atoms with E-state index in [-0.39, 0.29) is 35.7 Å². The Balaban J connectivity index is 1.87. The third-order valence-corrected chi connectivity index (χ3v) is 6.01. The van der Waals surface area contributed by atoms with E-state index < -0.39 is 28.1 Å². The van der Waals surface area contributed by atoms with Crippen LogP contribution < -0.4 is 16.6 Å². The number of carbonyl (C=O) groups excluding carboxylic acids is 2. The largest absolute Gasteiger partial charge is 0.368 e. The molecule has 28 heavy (non-hydrogen) atoms. The lowest BCUT2D eigenvalue weighted by Crippen LogP contribution is -2.55. The maximum Gasteiger partial charge on any atom is 0.368 e. The van der Waals surface area contributed by atoms with Crippen LogP contribution in [0.2, 0.25) is 0 Å². The molecule has 0 saturated heterocycles. The fourth-order valence-corrected chi connectivity index (χ4v) is 4.95. The van der Waals surface area contributed by atoms with Gasteiger partial charge in [-0.05, 0) is 58.8 Å². The average molecular weight is 394 g/mol. The summed E-state index contributed by atoms with van der Waals surface area (Å²) in [6, 6.07) is -0.372. The van der Waals surface area contributed by atoms with Crippen LogP contribution in [-0.2, 0) is 4.79 Å². The van der Waals surface area contributed by atoms with Crippen molar-refractivity contribution in [1.29, 1.82) is 0 Å². The Hall–Kier alpha value is -2.45. The summed E-state index contributed by atoms with van der Waals surface area (Å²) in [6.07, 6.45) is 3.64.